The van der Waals surface area contributed by atoms with Crippen LogP contribution in [0.25, 0.3) is 0 Å². The summed E-state index contributed by atoms with van der Waals surface area (Å²) in [6, 6.07) is 8.87. The molecule has 0 saturated carbocycles. The number of hydrogen-bond donors (Lipinski definition) is 1. The molecule has 0 fully saturated rings. The zero-order valence-electron chi connectivity index (χ0n) is 13.1. The van der Waals surface area contributed by atoms with Crippen molar-refractivity contribution in [2.45, 2.75) is 32.9 Å². The van der Waals surface area contributed by atoms with Crippen LogP contribution in [-0.2, 0) is 16.1 Å². The van der Waals surface area contributed by atoms with Gasteiger partial charge in [-0.15, -0.1) is 0 Å². The minimum Gasteiger partial charge on any atom is -0.445 e. The van der Waals surface area contributed by atoms with Crippen LogP contribution in [-0.4, -0.2) is 37.0 Å². The maximum absolute atomic E-state index is 12.0. The number of carbonyl (C=O) groups excluding carboxylic acids is 2. The Morgan fingerprint density at radius 1 is 1.19 bits per heavy atom. The van der Waals surface area contributed by atoms with E-state index >= 15 is 0 Å². The normalized spacial score (nSPS) is 11.9. The number of rotatable bonds is 6. The molecule has 1 atom stereocenters. The van der Waals surface area contributed by atoms with Gasteiger partial charge in [0.15, 0.2) is 0 Å². The van der Waals surface area contributed by atoms with Crippen molar-refractivity contribution in [3.8, 4) is 0 Å². The third-order valence-corrected chi connectivity index (χ3v) is 2.95. The summed E-state index contributed by atoms with van der Waals surface area (Å²) in [5, 5.41) is 2.65. The van der Waals surface area contributed by atoms with E-state index in [4.69, 9.17) is 4.74 Å². The predicted molar refractivity (Wildman–Crippen MR) is 81.7 cm³/mol. The SMILES string of the molecule is CC(C)C[C@@H](NC(=O)OCc1ccccc1)C(=O)N(C)C. The van der Waals surface area contributed by atoms with Crippen LogP contribution in [0.4, 0.5) is 4.79 Å². The Labute approximate surface area is 126 Å². The molecule has 0 unspecified atom stereocenters. The fourth-order valence-corrected chi connectivity index (χ4v) is 1.91. The smallest absolute Gasteiger partial charge is 0.408 e. The van der Waals surface area contributed by atoms with Crippen molar-refractivity contribution in [2.75, 3.05) is 14.1 Å². The van der Waals surface area contributed by atoms with Crippen molar-refractivity contribution in [3.05, 3.63) is 35.9 Å². The Bertz CT molecular complexity index is 458. The molecule has 0 saturated heterocycles. The van der Waals surface area contributed by atoms with Gasteiger partial charge < -0.3 is 15.0 Å². The highest BCUT2D eigenvalue weighted by Crippen LogP contribution is 2.08. The van der Waals surface area contributed by atoms with E-state index < -0.39 is 12.1 Å². The van der Waals surface area contributed by atoms with Gasteiger partial charge in [-0.1, -0.05) is 44.2 Å². The maximum Gasteiger partial charge on any atom is 0.408 e. The molecule has 1 N–H and O–H groups in total. The number of benzene rings is 1. The van der Waals surface area contributed by atoms with Crippen molar-refractivity contribution < 1.29 is 14.3 Å². The van der Waals surface area contributed by atoms with Gasteiger partial charge in [-0.25, -0.2) is 4.79 Å². The van der Waals surface area contributed by atoms with Gasteiger partial charge in [0.1, 0.15) is 12.6 Å². The third-order valence-electron chi connectivity index (χ3n) is 2.95. The lowest BCUT2D eigenvalue weighted by Crippen LogP contribution is -2.47. The first kappa shape index (κ1) is 17.0. The van der Waals surface area contributed by atoms with Gasteiger partial charge in [0, 0.05) is 14.1 Å². The number of amides is 2. The lowest BCUT2D eigenvalue weighted by atomic mass is 10.0. The molecule has 1 aromatic rings. The average molecular weight is 292 g/mol. The summed E-state index contributed by atoms with van der Waals surface area (Å²) in [4.78, 5) is 25.4. The molecule has 0 aliphatic rings. The molecular formula is C16H24N2O3. The summed E-state index contributed by atoms with van der Waals surface area (Å²) in [6.45, 7) is 4.21. The topological polar surface area (TPSA) is 58.6 Å². The van der Waals surface area contributed by atoms with Crippen LogP contribution < -0.4 is 5.32 Å². The van der Waals surface area contributed by atoms with Crippen LogP contribution in [0.5, 0.6) is 0 Å². The van der Waals surface area contributed by atoms with E-state index in [1.165, 1.54) is 4.90 Å². The van der Waals surface area contributed by atoms with Gasteiger partial charge in [-0.3, -0.25) is 4.79 Å². The van der Waals surface area contributed by atoms with E-state index in [-0.39, 0.29) is 12.5 Å². The van der Waals surface area contributed by atoms with Crippen LogP contribution in [0.2, 0.25) is 0 Å². The minimum absolute atomic E-state index is 0.125. The molecule has 0 spiro atoms. The molecule has 5 nitrogen and oxygen atoms in total. The monoisotopic (exact) mass is 292 g/mol. The van der Waals surface area contributed by atoms with E-state index in [0.717, 1.165) is 5.56 Å². The second kappa shape index (κ2) is 8.29. The highest BCUT2D eigenvalue weighted by molar-refractivity contribution is 5.85. The van der Waals surface area contributed by atoms with Crippen LogP contribution in [0.3, 0.4) is 0 Å². The Kier molecular flexibility index (Phi) is 6.72. The summed E-state index contributed by atoms with van der Waals surface area (Å²) in [6.07, 6.45) is 0.0111. The highest BCUT2D eigenvalue weighted by Gasteiger charge is 2.23. The number of alkyl carbamates (subject to hydrolysis) is 1. The molecular weight excluding hydrogens is 268 g/mol. The minimum atomic E-state index is -0.570. The lowest BCUT2D eigenvalue weighted by Gasteiger charge is -2.22. The molecule has 0 aromatic heterocycles. The molecule has 5 heteroatoms. The van der Waals surface area contributed by atoms with Gasteiger partial charge >= 0.3 is 6.09 Å². The Morgan fingerprint density at radius 2 is 1.81 bits per heavy atom. The summed E-state index contributed by atoms with van der Waals surface area (Å²) >= 11 is 0. The number of likely N-dealkylation sites (N-methyl/N-ethyl adjacent to an activating group) is 1. The molecule has 116 valence electrons. The molecule has 0 aliphatic carbocycles. The summed E-state index contributed by atoms with van der Waals surface area (Å²) < 4.78 is 5.15. The van der Waals surface area contributed by atoms with Gasteiger partial charge in [0.05, 0.1) is 0 Å². The van der Waals surface area contributed by atoms with Crippen molar-refractivity contribution in [2.24, 2.45) is 5.92 Å². The van der Waals surface area contributed by atoms with E-state index in [9.17, 15) is 9.59 Å². The largest absolute Gasteiger partial charge is 0.445 e. The van der Waals surface area contributed by atoms with Gasteiger partial charge in [-0.05, 0) is 17.9 Å². The van der Waals surface area contributed by atoms with Gasteiger partial charge in [0.2, 0.25) is 5.91 Å². The Morgan fingerprint density at radius 3 is 2.33 bits per heavy atom. The van der Waals surface area contributed by atoms with Crippen molar-refractivity contribution in [1.82, 2.24) is 10.2 Å². The van der Waals surface area contributed by atoms with Crippen LogP contribution >= 0.6 is 0 Å². The molecule has 0 heterocycles. The van der Waals surface area contributed by atoms with Crippen LogP contribution in [0, 0.1) is 5.92 Å². The Hall–Kier alpha value is -2.04. The number of nitrogens with one attached hydrogen (secondary N) is 1. The van der Waals surface area contributed by atoms with Crippen molar-refractivity contribution in [1.29, 1.82) is 0 Å². The first-order valence-corrected chi connectivity index (χ1v) is 7.08. The molecule has 2 amide bonds. The molecule has 1 aromatic carbocycles. The van der Waals surface area contributed by atoms with Gasteiger partial charge in [0.25, 0.3) is 0 Å². The fraction of sp³-hybridized carbons (Fsp3) is 0.500. The second-order valence-electron chi connectivity index (χ2n) is 5.62. The quantitative estimate of drug-likeness (QED) is 0.876. The highest BCUT2D eigenvalue weighted by atomic mass is 16.5. The molecule has 0 aliphatic heterocycles. The zero-order valence-corrected chi connectivity index (χ0v) is 13.1. The van der Waals surface area contributed by atoms with E-state index in [1.807, 2.05) is 44.2 Å². The van der Waals surface area contributed by atoms with E-state index in [1.54, 1.807) is 14.1 Å². The first-order chi connectivity index (χ1) is 9.90. The van der Waals surface area contributed by atoms with Crippen LogP contribution in [0.15, 0.2) is 30.3 Å². The molecule has 1 rings (SSSR count). The third kappa shape index (κ3) is 6.29. The number of ether oxygens (including phenoxy) is 1. The van der Waals surface area contributed by atoms with E-state index in [0.29, 0.717) is 12.3 Å². The fourth-order valence-electron chi connectivity index (χ4n) is 1.91. The summed E-state index contributed by atoms with van der Waals surface area (Å²) in [5.41, 5.74) is 0.909. The summed E-state index contributed by atoms with van der Waals surface area (Å²) in [5.74, 6) is 0.175. The average Bonchev–Trinajstić information content (AvgIpc) is 2.44. The van der Waals surface area contributed by atoms with Crippen molar-refractivity contribution >= 4 is 12.0 Å². The first-order valence-electron chi connectivity index (χ1n) is 7.08. The molecule has 0 bridgehead atoms. The molecule has 0 radical (unpaired) electrons. The second-order valence-corrected chi connectivity index (χ2v) is 5.62. The number of nitrogens with zero attached hydrogens (tertiary/aromatic N) is 1. The standard InChI is InChI=1S/C16H24N2O3/c1-12(2)10-14(15(19)18(3)4)17-16(20)21-11-13-8-6-5-7-9-13/h5-9,12,14H,10-11H2,1-4H3,(H,17,20)/t14-/m1/s1. The number of hydrogen-bond acceptors (Lipinski definition) is 3. The van der Waals surface area contributed by atoms with Gasteiger partial charge in [-0.2, -0.15) is 0 Å². The zero-order chi connectivity index (χ0) is 15.8. The van der Waals surface area contributed by atoms with E-state index in [2.05, 4.69) is 5.32 Å². The maximum atomic E-state index is 12.0. The van der Waals surface area contributed by atoms with Crippen molar-refractivity contribution in [3.63, 3.8) is 0 Å². The lowest BCUT2D eigenvalue weighted by molar-refractivity contribution is -0.131. The summed E-state index contributed by atoms with van der Waals surface area (Å²) in [7, 11) is 3.35. The number of carbonyl (C=O) groups is 2. The predicted octanol–water partition coefficient (Wildman–Crippen LogP) is 2.42. The molecule has 21 heavy (non-hydrogen) atoms. The Balaban J connectivity index is 2.53. The van der Waals surface area contributed by atoms with Crippen LogP contribution in [0.1, 0.15) is 25.8 Å².